The molecule has 0 spiro atoms. The molecule has 0 amide bonds. The highest BCUT2D eigenvalue weighted by Gasteiger charge is 2.43. The topological polar surface area (TPSA) is 102 Å². The summed E-state index contributed by atoms with van der Waals surface area (Å²) in [6, 6.07) is 9.99. The Bertz CT molecular complexity index is 1120. The van der Waals surface area contributed by atoms with Crippen LogP contribution >= 0.6 is 0 Å². The van der Waals surface area contributed by atoms with Gasteiger partial charge in [-0.15, -0.1) is 0 Å². The van der Waals surface area contributed by atoms with Crippen LogP contribution in [-0.2, 0) is 0 Å². The Hall–Kier alpha value is -4.32. The van der Waals surface area contributed by atoms with Gasteiger partial charge >= 0.3 is 0 Å². The van der Waals surface area contributed by atoms with Gasteiger partial charge in [0.05, 0.1) is 0 Å². The second-order valence-corrected chi connectivity index (χ2v) is 7.90. The average Bonchev–Trinajstić information content (AvgIpc) is 2.85. The summed E-state index contributed by atoms with van der Waals surface area (Å²) in [4.78, 5) is 69.6. The fourth-order valence-corrected chi connectivity index (χ4v) is 5.12. The van der Waals surface area contributed by atoms with Crippen molar-refractivity contribution >= 4 is 37.7 Å². The van der Waals surface area contributed by atoms with Crippen molar-refractivity contribution in [1.82, 2.24) is 0 Å². The van der Waals surface area contributed by atoms with Crippen molar-refractivity contribution in [3.63, 3.8) is 0 Å². The number of carbonyl (C=O) groups excluding carboxylic acids is 6. The average molecular weight is 422 g/mol. The highest BCUT2D eigenvalue weighted by Crippen LogP contribution is 2.56. The Morgan fingerprint density at radius 1 is 0.344 bits per heavy atom. The van der Waals surface area contributed by atoms with E-state index < -0.39 is 11.8 Å². The Morgan fingerprint density at radius 2 is 0.500 bits per heavy atom. The molecular weight excluding hydrogens is 408 g/mol. The standard InChI is InChI=1S/C26H14O6/c27-7-13-1-19-20(2-14(13)8-28)26-23-5-17(11-31)15(9-29)3-21(23)25(19)22-4-16(10-30)18(12-32)6-24(22)26/h1-12,25-26H. The Morgan fingerprint density at radius 3 is 0.625 bits per heavy atom. The van der Waals surface area contributed by atoms with Gasteiger partial charge in [0.15, 0.2) is 37.7 Å². The fraction of sp³-hybridized carbons (Fsp3) is 0.0769. The Labute approximate surface area is 181 Å². The molecule has 0 aromatic heterocycles. The number of hydrogen-bond acceptors (Lipinski definition) is 6. The SMILES string of the molecule is O=Cc1cc2c(cc1C=O)C1c3cc(C=O)c(C=O)cc3C2c2cc(C=O)c(C=O)cc21. The van der Waals surface area contributed by atoms with Gasteiger partial charge in [0, 0.05) is 45.2 Å². The molecule has 32 heavy (non-hydrogen) atoms. The smallest absolute Gasteiger partial charge is 0.150 e. The van der Waals surface area contributed by atoms with Crippen LogP contribution in [0.2, 0.25) is 0 Å². The van der Waals surface area contributed by atoms with Gasteiger partial charge in [-0.25, -0.2) is 0 Å². The maximum Gasteiger partial charge on any atom is 0.150 e. The first kappa shape index (κ1) is 19.6. The Kier molecular flexibility index (Phi) is 4.37. The predicted octanol–water partition coefficient (Wildman–Crippen LogP) is 3.55. The minimum Gasteiger partial charge on any atom is -0.298 e. The minimum atomic E-state index is -0.432. The van der Waals surface area contributed by atoms with Gasteiger partial charge in [-0.1, -0.05) is 0 Å². The molecule has 6 rings (SSSR count). The molecule has 0 N–H and O–H groups in total. The van der Waals surface area contributed by atoms with Gasteiger partial charge in [-0.2, -0.15) is 0 Å². The summed E-state index contributed by atoms with van der Waals surface area (Å²) in [5.41, 5.74) is 6.19. The number of benzene rings is 3. The molecule has 3 aliphatic carbocycles. The molecule has 3 aromatic carbocycles. The van der Waals surface area contributed by atoms with Crippen LogP contribution in [0.3, 0.4) is 0 Å². The van der Waals surface area contributed by atoms with Crippen LogP contribution in [0, 0.1) is 0 Å². The van der Waals surface area contributed by atoms with Crippen molar-refractivity contribution in [2.24, 2.45) is 0 Å². The maximum atomic E-state index is 11.6. The summed E-state index contributed by atoms with van der Waals surface area (Å²) < 4.78 is 0. The molecular formula is C26H14O6. The van der Waals surface area contributed by atoms with E-state index in [1.54, 1.807) is 36.4 Å². The molecule has 0 unspecified atom stereocenters. The molecule has 0 saturated heterocycles. The molecule has 154 valence electrons. The second kappa shape index (κ2) is 7.13. The number of rotatable bonds is 6. The number of carbonyl (C=O) groups is 6. The molecule has 0 atom stereocenters. The van der Waals surface area contributed by atoms with Crippen molar-refractivity contribution in [3.8, 4) is 0 Å². The van der Waals surface area contributed by atoms with Crippen LogP contribution in [0.25, 0.3) is 0 Å². The van der Waals surface area contributed by atoms with Gasteiger partial charge in [-0.3, -0.25) is 28.8 Å². The highest BCUT2D eigenvalue weighted by atomic mass is 16.1. The third-order valence-corrected chi connectivity index (χ3v) is 6.49. The zero-order chi connectivity index (χ0) is 22.6. The zero-order valence-electron chi connectivity index (χ0n) is 16.5. The molecule has 6 heteroatoms. The predicted molar refractivity (Wildman–Crippen MR) is 114 cm³/mol. The van der Waals surface area contributed by atoms with Crippen LogP contribution < -0.4 is 0 Å². The molecule has 0 aliphatic heterocycles. The lowest BCUT2D eigenvalue weighted by Crippen LogP contribution is -2.29. The van der Waals surface area contributed by atoms with Crippen molar-refractivity contribution in [2.75, 3.05) is 0 Å². The summed E-state index contributed by atoms with van der Waals surface area (Å²) in [5.74, 6) is -0.864. The summed E-state index contributed by atoms with van der Waals surface area (Å²) in [6.07, 6.45) is 3.71. The van der Waals surface area contributed by atoms with E-state index in [9.17, 15) is 28.8 Å². The molecule has 3 aromatic rings. The summed E-state index contributed by atoms with van der Waals surface area (Å²) >= 11 is 0. The van der Waals surface area contributed by atoms with Gasteiger partial charge in [0.2, 0.25) is 0 Å². The first-order valence-corrected chi connectivity index (χ1v) is 9.84. The summed E-state index contributed by atoms with van der Waals surface area (Å²) in [5, 5.41) is 0. The molecule has 2 bridgehead atoms. The van der Waals surface area contributed by atoms with Crippen LogP contribution in [-0.4, -0.2) is 37.7 Å². The molecule has 0 heterocycles. The molecule has 0 radical (unpaired) electrons. The lowest BCUT2D eigenvalue weighted by atomic mass is 9.59. The van der Waals surface area contributed by atoms with E-state index in [2.05, 4.69) is 0 Å². The molecule has 3 aliphatic rings. The van der Waals surface area contributed by atoms with Gasteiger partial charge < -0.3 is 0 Å². The first-order chi connectivity index (χ1) is 15.6. The number of hydrogen-bond donors (Lipinski definition) is 0. The molecule has 0 saturated carbocycles. The molecule has 0 fully saturated rings. The largest absolute Gasteiger partial charge is 0.298 e. The van der Waals surface area contributed by atoms with E-state index in [1.165, 1.54) is 0 Å². The molecule has 6 nitrogen and oxygen atoms in total. The summed E-state index contributed by atoms with van der Waals surface area (Å²) in [7, 11) is 0. The van der Waals surface area contributed by atoms with E-state index in [1.807, 2.05) is 0 Å². The first-order valence-electron chi connectivity index (χ1n) is 9.84. The van der Waals surface area contributed by atoms with E-state index in [0.717, 1.165) is 33.4 Å². The summed E-state index contributed by atoms with van der Waals surface area (Å²) in [6.45, 7) is 0. The lowest BCUT2D eigenvalue weighted by Gasteiger charge is -2.43. The van der Waals surface area contributed by atoms with Crippen LogP contribution in [0.15, 0.2) is 36.4 Å². The van der Waals surface area contributed by atoms with Crippen LogP contribution in [0.1, 0.15) is 107 Å². The zero-order valence-corrected chi connectivity index (χ0v) is 16.5. The number of aldehydes is 6. The van der Waals surface area contributed by atoms with Crippen LogP contribution in [0.4, 0.5) is 0 Å². The lowest BCUT2D eigenvalue weighted by molar-refractivity contribution is 0.109. The van der Waals surface area contributed by atoms with E-state index in [-0.39, 0.29) is 33.4 Å². The quantitative estimate of drug-likeness (QED) is 0.388. The second-order valence-electron chi connectivity index (χ2n) is 7.90. The highest BCUT2D eigenvalue weighted by molar-refractivity contribution is 5.95. The van der Waals surface area contributed by atoms with Gasteiger partial charge in [0.1, 0.15) is 0 Å². The third kappa shape index (κ3) is 2.46. The normalized spacial score (nSPS) is 16.9. The maximum absolute atomic E-state index is 11.6. The van der Waals surface area contributed by atoms with E-state index in [4.69, 9.17) is 0 Å². The Balaban J connectivity index is 1.91. The minimum absolute atomic E-state index is 0.245. The van der Waals surface area contributed by atoms with E-state index in [0.29, 0.717) is 37.7 Å². The monoisotopic (exact) mass is 422 g/mol. The van der Waals surface area contributed by atoms with Gasteiger partial charge in [0.25, 0.3) is 0 Å². The van der Waals surface area contributed by atoms with Gasteiger partial charge in [-0.05, 0) is 69.8 Å². The third-order valence-electron chi connectivity index (χ3n) is 6.49. The van der Waals surface area contributed by atoms with Crippen LogP contribution in [0.5, 0.6) is 0 Å². The van der Waals surface area contributed by atoms with Crippen molar-refractivity contribution < 1.29 is 28.8 Å². The van der Waals surface area contributed by atoms with E-state index >= 15 is 0 Å². The van der Waals surface area contributed by atoms with Crippen molar-refractivity contribution in [3.05, 3.63) is 103 Å². The van der Waals surface area contributed by atoms with Crippen molar-refractivity contribution in [1.29, 1.82) is 0 Å². The van der Waals surface area contributed by atoms with Crippen molar-refractivity contribution in [2.45, 2.75) is 11.8 Å². The fourth-order valence-electron chi connectivity index (χ4n) is 5.12.